The molecule has 1 N–H and O–H groups in total. The van der Waals surface area contributed by atoms with Crippen molar-refractivity contribution < 1.29 is 4.79 Å². The Hall–Kier alpha value is -2.53. The predicted molar refractivity (Wildman–Crippen MR) is 116 cm³/mol. The van der Waals surface area contributed by atoms with Crippen LogP contribution >= 0.6 is 11.8 Å². The van der Waals surface area contributed by atoms with Crippen LogP contribution in [0.2, 0.25) is 0 Å². The zero-order valence-electron chi connectivity index (χ0n) is 16.5. The third kappa shape index (κ3) is 3.47. The lowest BCUT2D eigenvalue weighted by Gasteiger charge is -2.17. The molecule has 144 valence electrons. The van der Waals surface area contributed by atoms with Crippen LogP contribution in [0.15, 0.2) is 48.5 Å². The normalized spacial score (nSPS) is 14.0. The van der Waals surface area contributed by atoms with Crippen molar-refractivity contribution in [2.24, 2.45) is 0 Å². The highest BCUT2D eigenvalue weighted by Crippen LogP contribution is 2.37. The molecule has 4 rings (SSSR count). The second-order valence-electron chi connectivity index (χ2n) is 7.31. The number of hydrogen-bond donors (Lipinski definition) is 1. The molecule has 0 fully saturated rings. The van der Waals surface area contributed by atoms with E-state index in [1.807, 2.05) is 46.8 Å². The van der Waals surface area contributed by atoms with Crippen molar-refractivity contribution in [2.45, 2.75) is 44.6 Å². The van der Waals surface area contributed by atoms with Crippen LogP contribution in [-0.2, 0) is 16.3 Å². The Kier molecular flexibility index (Phi) is 5.27. The predicted octanol–water partition coefficient (Wildman–Crippen LogP) is 5.37. The zero-order valence-corrected chi connectivity index (χ0v) is 17.3. The van der Waals surface area contributed by atoms with Crippen LogP contribution in [0.1, 0.15) is 47.2 Å². The molecule has 1 aliphatic rings. The van der Waals surface area contributed by atoms with Gasteiger partial charge in [0.25, 0.3) is 0 Å². The molecule has 0 aliphatic carbocycles. The molecule has 0 saturated heterocycles. The minimum Gasteiger partial charge on any atom is -0.310 e. The average molecular weight is 392 g/mol. The van der Waals surface area contributed by atoms with Gasteiger partial charge in [-0.2, -0.15) is 16.9 Å². The van der Waals surface area contributed by atoms with E-state index < -0.39 is 0 Å². The SMILES string of the molecule is CCC(C(=O)Nc1c2c(nn1-c1ccc(C)c(C)c1)CSC2)c1ccccc1. The lowest BCUT2D eigenvalue weighted by molar-refractivity contribution is -0.117. The van der Waals surface area contributed by atoms with E-state index in [0.717, 1.165) is 46.3 Å². The van der Waals surface area contributed by atoms with Gasteiger partial charge >= 0.3 is 0 Å². The fourth-order valence-corrected chi connectivity index (χ4v) is 4.68. The molecule has 1 amide bonds. The van der Waals surface area contributed by atoms with Crippen LogP contribution in [0.5, 0.6) is 0 Å². The summed E-state index contributed by atoms with van der Waals surface area (Å²) in [6.07, 6.45) is 0.755. The quantitative estimate of drug-likeness (QED) is 0.636. The summed E-state index contributed by atoms with van der Waals surface area (Å²) >= 11 is 1.84. The van der Waals surface area contributed by atoms with Gasteiger partial charge in [-0.3, -0.25) is 4.79 Å². The Balaban J connectivity index is 1.71. The highest BCUT2D eigenvalue weighted by Gasteiger charge is 2.27. The molecule has 0 spiro atoms. The summed E-state index contributed by atoms with van der Waals surface area (Å²) in [7, 11) is 0. The number of carbonyl (C=O) groups excluding carboxylic acids is 1. The van der Waals surface area contributed by atoms with Gasteiger partial charge in [-0.25, -0.2) is 4.68 Å². The molecular formula is C23H25N3OS. The number of thioether (sulfide) groups is 1. The molecule has 2 heterocycles. The molecule has 1 aromatic heterocycles. The largest absolute Gasteiger partial charge is 0.310 e. The van der Waals surface area contributed by atoms with Crippen molar-refractivity contribution in [3.8, 4) is 5.69 Å². The van der Waals surface area contributed by atoms with Crippen LogP contribution in [-0.4, -0.2) is 15.7 Å². The molecule has 5 heteroatoms. The molecular weight excluding hydrogens is 366 g/mol. The molecule has 3 aromatic rings. The summed E-state index contributed by atoms with van der Waals surface area (Å²) in [6, 6.07) is 16.3. The van der Waals surface area contributed by atoms with E-state index in [1.165, 1.54) is 11.1 Å². The maximum Gasteiger partial charge on any atom is 0.233 e. The summed E-state index contributed by atoms with van der Waals surface area (Å²) in [5.41, 5.74) is 6.73. The van der Waals surface area contributed by atoms with Gasteiger partial charge in [0.05, 0.1) is 17.3 Å². The van der Waals surface area contributed by atoms with Gasteiger partial charge in [0.1, 0.15) is 5.82 Å². The summed E-state index contributed by atoms with van der Waals surface area (Å²) in [6.45, 7) is 6.26. The van der Waals surface area contributed by atoms with Crippen LogP contribution in [0, 0.1) is 13.8 Å². The van der Waals surface area contributed by atoms with Crippen LogP contribution < -0.4 is 5.32 Å². The smallest absolute Gasteiger partial charge is 0.233 e. The van der Waals surface area contributed by atoms with Crippen molar-refractivity contribution in [3.05, 3.63) is 76.5 Å². The molecule has 4 nitrogen and oxygen atoms in total. The second-order valence-corrected chi connectivity index (χ2v) is 8.29. The minimum atomic E-state index is -0.172. The third-order valence-corrected chi connectivity index (χ3v) is 6.43. The van der Waals surface area contributed by atoms with Crippen molar-refractivity contribution in [1.29, 1.82) is 0 Å². The van der Waals surface area contributed by atoms with Crippen LogP contribution in [0.25, 0.3) is 5.69 Å². The van der Waals surface area contributed by atoms with Gasteiger partial charge in [-0.15, -0.1) is 0 Å². The first-order chi connectivity index (χ1) is 13.6. The van der Waals surface area contributed by atoms with Gasteiger partial charge in [0, 0.05) is 17.1 Å². The third-order valence-electron chi connectivity index (χ3n) is 5.46. The molecule has 1 unspecified atom stereocenters. The molecule has 0 radical (unpaired) electrons. The Bertz CT molecular complexity index is 1010. The van der Waals surface area contributed by atoms with Crippen LogP contribution in [0.3, 0.4) is 0 Å². The van der Waals surface area contributed by atoms with E-state index in [4.69, 9.17) is 5.10 Å². The van der Waals surface area contributed by atoms with Gasteiger partial charge in [0.2, 0.25) is 5.91 Å². The topological polar surface area (TPSA) is 46.9 Å². The van der Waals surface area contributed by atoms with Crippen LogP contribution in [0.4, 0.5) is 5.82 Å². The molecule has 28 heavy (non-hydrogen) atoms. The minimum absolute atomic E-state index is 0.0263. The zero-order chi connectivity index (χ0) is 19.7. The highest BCUT2D eigenvalue weighted by molar-refractivity contribution is 7.98. The van der Waals surface area contributed by atoms with Crippen molar-refractivity contribution in [3.63, 3.8) is 0 Å². The summed E-state index contributed by atoms with van der Waals surface area (Å²) in [4.78, 5) is 13.2. The number of aryl methyl sites for hydroxylation is 2. The van der Waals surface area contributed by atoms with E-state index in [2.05, 4.69) is 44.3 Å². The van der Waals surface area contributed by atoms with Crippen molar-refractivity contribution in [2.75, 3.05) is 5.32 Å². The maximum absolute atomic E-state index is 13.2. The fraction of sp³-hybridized carbons (Fsp3) is 0.304. The summed E-state index contributed by atoms with van der Waals surface area (Å²) in [5.74, 6) is 2.46. The highest BCUT2D eigenvalue weighted by atomic mass is 32.2. The first kappa shape index (κ1) is 18.8. The molecule has 0 bridgehead atoms. The lowest BCUT2D eigenvalue weighted by atomic mass is 9.95. The molecule has 1 atom stereocenters. The van der Waals surface area contributed by atoms with E-state index in [9.17, 15) is 4.79 Å². The number of benzene rings is 2. The fourth-order valence-electron chi connectivity index (χ4n) is 3.65. The molecule has 1 aliphatic heterocycles. The number of aromatic nitrogens is 2. The number of nitrogens with zero attached hydrogens (tertiary/aromatic N) is 2. The van der Waals surface area contributed by atoms with Gasteiger partial charge in [-0.05, 0) is 49.1 Å². The number of carbonyl (C=O) groups is 1. The van der Waals surface area contributed by atoms with E-state index >= 15 is 0 Å². The van der Waals surface area contributed by atoms with Gasteiger partial charge in [-0.1, -0.05) is 43.3 Å². The Morgan fingerprint density at radius 3 is 2.64 bits per heavy atom. The second kappa shape index (κ2) is 7.84. The first-order valence-electron chi connectivity index (χ1n) is 9.70. The van der Waals surface area contributed by atoms with E-state index in [0.29, 0.717) is 0 Å². The maximum atomic E-state index is 13.2. The van der Waals surface area contributed by atoms with Gasteiger partial charge < -0.3 is 5.32 Å². The number of anilines is 1. The monoisotopic (exact) mass is 391 g/mol. The number of amides is 1. The molecule has 2 aromatic carbocycles. The van der Waals surface area contributed by atoms with E-state index in [-0.39, 0.29) is 11.8 Å². The Morgan fingerprint density at radius 1 is 1.14 bits per heavy atom. The number of rotatable bonds is 5. The number of fused-ring (bicyclic) bond motifs is 1. The first-order valence-corrected chi connectivity index (χ1v) is 10.9. The van der Waals surface area contributed by atoms with E-state index in [1.54, 1.807) is 0 Å². The lowest BCUT2D eigenvalue weighted by Crippen LogP contribution is -2.23. The number of nitrogens with one attached hydrogen (secondary N) is 1. The Labute approximate surface area is 170 Å². The summed E-state index contributed by atoms with van der Waals surface area (Å²) < 4.78 is 1.91. The standard InChI is InChI=1S/C23H25N3OS/c1-4-19(17-8-6-5-7-9-17)23(27)24-22-20-13-28-14-21(20)25-26(22)18-11-10-15(2)16(3)12-18/h5-12,19H,4,13-14H2,1-3H3,(H,24,27). The average Bonchev–Trinajstić information content (AvgIpc) is 3.28. The van der Waals surface area contributed by atoms with Crippen molar-refractivity contribution in [1.82, 2.24) is 9.78 Å². The summed E-state index contributed by atoms with van der Waals surface area (Å²) in [5, 5.41) is 8.04. The molecule has 0 saturated carbocycles. The number of hydrogen-bond acceptors (Lipinski definition) is 3. The van der Waals surface area contributed by atoms with Crippen molar-refractivity contribution >= 4 is 23.5 Å². The Morgan fingerprint density at radius 2 is 1.93 bits per heavy atom. The van der Waals surface area contributed by atoms with Gasteiger partial charge in [0.15, 0.2) is 0 Å².